The summed E-state index contributed by atoms with van der Waals surface area (Å²) in [5.74, 6) is 2.20. The van der Waals surface area contributed by atoms with E-state index in [0.29, 0.717) is 18.0 Å². The van der Waals surface area contributed by atoms with Crippen molar-refractivity contribution in [2.45, 2.75) is 25.8 Å². The first-order valence-electron chi connectivity index (χ1n) is 7.06. The van der Waals surface area contributed by atoms with Crippen LogP contribution in [0.3, 0.4) is 0 Å². The van der Waals surface area contributed by atoms with Crippen LogP contribution >= 0.6 is 0 Å². The van der Waals surface area contributed by atoms with Gasteiger partial charge in [0, 0.05) is 23.7 Å². The topological polar surface area (TPSA) is 69.4 Å². The van der Waals surface area contributed by atoms with Crippen LogP contribution in [0, 0.1) is 0 Å². The summed E-state index contributed by atoms with van der Waals surface area (Å²) in [5, 5.41) is 5.49. The molecular formula is C16H23N3O2. The number of hydrogen-bond acceptors (Lipinski definition) is 5. The smallest absolute Gasteiger partial charge is 0.161 e. The molecule has 1 atom stereocenters. The number of rotatable bonds is 6. The van der Waals surface area contributed by atoms with Crippen molar-refractivity contribution < 1.29 is 9.47 Å². The fraction of sp³-hybridized carbons (Fsp3) is 0.438. The summed E-state index contributed by atoms with van der Waals surface area (Å²) in [6.45, 7) is 4.73. The summed E-state index contributed by atoms with van der Waals surface area (Å²) >= 11 is 0. The molecule has 1 heterocycles. The third-order valence-corrected chi connectivity index (χ3v) is 3.92. The lowest BCUT2D eigenvalue weighted by molar-refractivity contribution is 0.356. The van der Waals surface area contributed by atoms with E-state index < -0.39 is 0 Å². The molecule has 0 bridgehead atoms. The van der Waals surface area contributed by atoms with Crippen LogP contribution in [0.2, 0.25) is 0 Å². The monoisotopic (exact) mass is 289 g/mol. The van der Waals surface area contributed by atoms with E-state index in [2.05, 4.69) is 24.1 Å². The van der Waals surface area contributed by atoms with Crippen molar-refractivity contribution in [3.63, 3.8) is 0 Å². The number of nitrogens with zero attached hydrogens (tertiary/aromatic N) is 1. The fourth-order valence-corrected chi connectivity index (χ4v) is 2.17. The first-order valence-corrected chi connectivity index (χ1v) is 7.06. The van der Waals surface area contributed by atoms with Gasteiger partial charge >= 0.3 is 0 Å². The van der Waals surface area contributed by atoms with Gasteiger partial charge in [-0.1, -0.05) is 6.92 Å². The van der Waals surface area contributed by atoms with E-state index in [0.717, 1.165) is 23.0 Å². The van der Waals surface area contributed by atoms with Gasteiger partial charge in [0.1, 0.15) is 5.82 Å². The Hall–Kier alpha value is -2.01. The van der Waals surface area contributed by atoms with Crippen LogP contribution in [0.5, 0.6) is 11.5 Å². The Morgan fingerprint density at radius 2 is 1.90 bits per heavy atom. The average Bonchev–Trinajstić information content (AvgIpc) is 2.53. The molecule has 0 amide bonds. The van der Waals surface area contributed by atoms with Crippen LogP contribution in [0.4, 0.5) is 5.82 Å². The zero-order valence-corrected chi connectivity index (χ0v) is 13.1. The molecule has 0 radical (unpaired) electrons. The van der Waals surface area contributed by atoms with Gasteiger partial charge in [0.2, 0.25) is 0 Å². The van der Waals surface area contributed by atoms with E-state index in [-0.39, 0.29) is 5.54 Å². The first kappa shape index (κ1) is 15.4. The zero-order valence-electron chi connectivity index (χ0n) is 13.1. The Labute approximate surface area is 125 Å². The summed E-state index contributed by atoms with van der Waals surface area (Å²) in [4.78, 5) is 4.46. The van der Waals surface area contributed by atoms with Gasteiger partial charge < -0.3 is 20.5 Å². The predicted octanol–water partition coefficient (Wildman–Crippen LogP) is 2.79. The number of nitrogens with two attached hydrogens (primary N) is 1. The van der Waals surface area contributed by atoms with Gasteiger partial charge in [-0.2, -0.15) is 0 Å². The second-order valence-corrected chi connectivity index (χ2v) is 5.33. The Kier molecular flexibility index (Phi) is 4.53. The minimum atomic E-state index is -0.186. The van der Waals surface area contributed by atoms with Crippen molar-refractivity contribution in [2.24, 2.45) is 5.73 Å². The number of anilines is 1. The number of hydrogen-bond donors (Lipinski definition) is 2. The molecule has 1 aromatic carbocycles. The third-order valence-electron chi connectivity index (χ3n) is 3.92. The Bertz CT molecular complexity index is 624. The highest BCUT2D eigenvalue weighted by atomic mass is 16.5. The molecule has 2 rings (SSSR count). The number of ether oxygens (including phenoxy) is 2. The van der Waals surface area contributed by atoms with E-state index >= 15 is 0 Å². The summed E-state index contributed by atoms with van der Waals surface area (Å²) in [7, 11) is 3.26. The van der Waals surface area contributed by atoms with Gasteiger partial charge in [-0.3, -0.25) is 0 Å². The quantitative estimate of drug-likeness (QED) is 0.855. The van der Waals surface area contributed by atoms with Gasteiger partial charge in [0.25, 0.3) is 0 Å². The lowest BCUT2D eigenvalue weighted by Gasteiger charge is -2.29. The van der Waals surface area contributed by atoms with Gasteiger partial charge in [0.05, 0.1) is 14.2 Å². The van der Waals surface area contributed by atoms with E-state index in [1.807, 2.05) is 18.2 Å². The molecule has 5 heteroatoms. The Morgan fingerprint density at radius 3 is 2.48 bits per heavy atom. The average molecular weight is 289 g/mol. The zero-order chi connectivity index (χ0) is 15.5. The minimum absolute atomic E-state index is 0.186. The molecule has 0 aliphatic heterocycles. The van der Waals surface area contributed by atoms with Crippen molar-refractivity contribution in [3.05, 3.63) is 24.4 Å². The number of pyridine rings is 1. The largest absolute Gasteiger partial charge is 0.493 e. The molecule has 2 aromatic rings. The molecule has 0 spiro atoms. The highest BCUT2D eigenvalue weighted by molar-refractivity contribution is 5.94. The molecule has 0 saturated carbocycles. The molecule has 0 aliphatic carbocycles. The van der Waals surface area contributed by atoms with Crippen molar-refractivity contribution in [3.8, 4) is 11.5 Å². The van der Waals surface area contributed by atoms with Gasteiger partial charge in [-0.25, -0.2) is 4.98 Å². The minimum Gasteiger partial charge on any atom is -0.493 e. The molecule has 0 fully saturated rings. The molecule has 1 aromatic heterocycles. The van der Waals surface area contributed by atoms with Crippen molar-refractivity contribution in [2.75, 3.05) is 26.1 Å². The SMILES string of the molecule is CCC(C)(CN)Nc1nccc2cc(OC)c(OC)cc12. The molecular weight excluding hydrogens is 266 g/mol. The summed E-state index contributed by atoms with van der Waals surface area (Å²) < 4.78 is 10.7. The molecule has 5 nitrogen and oxygen atoms in total. The Morgan fingerprint density at radius 1 is 1.24 bits per heavy atom. The highest BCUT2D eigenvalue weighted by Crippen LogP contribution is 2.35. The number of benzene rings is 1. The van der Waals surface area contributed by atoms with E-state index in [1.165, 1.54) is 0 Å². The predicted molar refractivity (Wildman–Crippen MR) is 86.2 cm³/mol. The van der Waals surface area contributed by atoms with Crippen LogP contribution in [-0.4, -0.2) is 31.3 Å². The molecule has 0 saturated heterocycles. The highest BCUT2D eigenvalue weighted by Gasteiger charge is 2.21. The van der Waals surface area contributed by atoms with Crippen LogP contribution in [0.1, 0.15) is 20.3 Å². The second kappa shape index (κ2) is 6.18. The van der Waals surface area contributed by atoms with E-state index in [4.69, 9.17) is 15.2 Å². The van der Waals surface area contributed by atoms with Crippen molar-refractivity contribution in [1.29, 1.82) is 0 Å². The van der Waals surface area contributed by atoms with Crippen LogP contribution in [0.15, 0.2) is 24.4 Å². The van der Waals surface area contributed by atoms with Crippen LogP contribution in [-0.2, 0) is 0 Å². The number of fused-ring (bicyclic) bond motifs is 1. The fourth-order valence-electron chi connectivity index (χ4n) is 2.17. The van der Waals surface area contributed by atoms with Gasteiger partial charge in [0.15, 0.2) is 11.5 Å². The maximum Gasteiger partial charge on any atom is 0.161 e. The summed E-state index contributed by atoms with van der Waals surface area (Å²) in [6.07, 6.45) is 2.69. The molecule has 3 N–H and O–H groups in total. The molecule has 0 aliphatic rings. The standard InChI is InChI=1S/C16H23N3O2/c1-5-16(2,10-17)19-15-12-9-14(21-4)13(20-3)8-11(12)6-7-18-15/h6-9H,5,10,17H2,1-4H3,(H,18,19). The number of methoxy groups -OCH3 is 2. The van der Waals surface area contributed by atoms with Gasteiger partial charge in [-0.15, -0.1) is 0 Å². The normalized spacial score (nSPS) is 13.8. The molecule has 1 unspecified atom stereocenters. The first-order chi connectivity index (χ1) is 10.1. The van der Waals surface area contributed by atoms with Crippen molar-refractivity contribution >= 4 is 16.6 Å². The van der Waals surface area contributed by atoms with E-state index in [9.17, 15) is 0 Å². The maximum atomic E-state index is 5.88. The van der Waals surface area contributed by atoms with Crippen LogP contribution in [0.25, 0.3) is 10.8 Å². The third kappa shape index (κ3) is 3.03. The van der Waals surface area contributed by atoms with Crippen LogP contribution < -0.4 is 20.5 Å². The molecule has 21 heavy (non-hydrogen) atoms. The van der Waals surface area contributed by atoms with Gasteiger partial charge in [-0.05, 0) is 36.9 Å². The lowest BCUT2D eigenvalue weighted by Crippen LogP contribution is -2.42. The summed E-state index contributed by atoms with van der Waals surface area (Å²) in [6, 6.07) is 5.84. The molecule has 114 valence electrons. The number of aromatic nitrogens is 1. The Balaban J connectivity index is 2.54. The van der Waals surface area contributed by atoms with Crippen molar-refractivity contribution in [1.82, 2.24) is 4.98 Å². The van der Waals surface area contributed by atoms with E-state index in [1.54, 1.807) is 20.4 Å². The number of nitrogens with one attached hydrogen (secondary N) is 1. The maximum absolute atomic E-state index is 5.88. The second-order valence-electron chi connectivity index (χ2n) is 5.33. The lowest BCUT2D eigenvalue weighted by atomic mass is 9.98. The summed E-state index contributed by atoms with van der Waals surface area (Å²) in [5.41, 5.74) is 5.69.